The molecule has 204 valence electrons. The van der Waals surface area contributed by atoms with Crippen molar-refractivity contribution in [2.75, 3.05) is 0 Å². The van der Waals surface area contributed by atoms with E-state index in [1.807, 2.05) is 18.2 Å². The quantitative estimate of drug-likeness (QED) is 0.210. The predicted molar refractivity (Wildman–Crippen MR) is 162 cm³/mol. The highest BCUT2D eigenvalue weighted by atomic mass is 19.1. The highest BCUT2D eigenvalue weighted by Gasteiger charge is 2.31. The summed E-state index contributed by atoms with van der Waals surface area (Å²) in [7, 11) is 2.06. The number of halogens is 1. The minimum atomic E-state index is -0.210. The van der Waals surface area contributed by atoms with Crippen molar-refractivity contribution < 1.29 is 13.4 Å². The van der Waals surface area contributed by atoms with Crippen LogP contribution in [0.15, 0.2) is 77.3 Å². The van der Waals surface area contributed by atoms with Gasteiger partial charge in [-0.2, -0.15) is 0 Å². The molecule has 5 aromatic rings. The largest absolute Gasteiger partial charge is 0.454 e. The number of pyridine rings is 1. The lowest BCUT2D eigenvalue weighted by atomic mass is 9.69. The van der Waals surface area contributed by atoms with E-state index in [9.17, 15) is 0 Å². The van der Waals surface area contributed by atoms with E-state index < -0.39 is 0 Å². The molecule has 0 bridgehead atoms. The maximum Gasteiger partial charge on any atom is 0.216 e. The zero-order valence-electron chi connectivity index (χ0n) is 23.8. The highest BCUT2D eigenvalue weighted by Crippen LogP contribution is 2.47. The number of nitrogens with zero attached hydrogens (tertiary/aromatic N) is 1. The summed E-state index contributed by atoms with van der Waals surface area (Å²) in [5.74, 6) is 2.06. The number of hydrogen-bond acceptors (Lipinski definition) is 1. The summed E-state index contributed by atoms with van der Waals surface area (Å²) in [6.45, 7) is 2.12. The first kappa shape index (κ1) is 25.5. The van der Waals surface area contributed by atoms with Crippen LogP contribution < -0.4 is 4.57 Å². The monoisotopic (exact) mass is 532 g/mol. The Morgan fingerprint density at radius 2 is 1.38 bits per heavy atom. The molecule has 0 saturated heterocycles. The zero-order chi connectivity index (χ0) is 27.2. The van der Waals surface area contributed by atoms with E-state index >= 15 is 4.39 Å². The first-order chi connectivity index (χ1) is 19.6. The maximum atomic E-state index is 15.9. The molecule has 0 spiro atoms. The van der Waals surface area contributed by atoms with Crippen LogP contribution in [0.25, 0.3) is 44.3 Å². The van der Waals surface area contributed by atoms with Gasteiger partial charge < -0.3 is 4.42 Å². The molecule has 0 aliphatic heterocycles. The molecular formula is C37H39FNO+. The van der Waals surface area contributed by atoms with Gasteiger partial charge in [-0.05, 0) is 85.3 Å². The summed E-state index contributed by atoms with van der Waals surface area (Å²) in [6.07, 6.45) is 14.2. The number of benzene rings is 3. The Bertz CT molecular complexity index is 1680. The summed E-state index contributed by atoms with van der Waals surface area (Å²) < 4.78 is 24.7. The van der Waals surface area contributed by atoms with Gasteiger partial charge in [0.25, 0.3) is 0 Å². The van der Waals surface area contributed by atoms with Gasteiger partial charge in [-0.1, -0.05) is 68.5 Å². The summed E-state index contributed by atoms with van der Waals surface area (Å²) in [6, 6.07) is 22.5. The number of aromatic nitrogens is 1. The van der Waals surface area contributed by atoms with Crippen molar-refractivity contribution in [1.82, 2.24) is 0 Å². The summed E-state index contributed by atoms with van der Waals surface area (Å²) >= 11 is 0. The van der Waals surface area contributed by atoms with Crippen LogP contribution in [0.5, 0.6) is 0 Å². The van der Waals surface area contributed by atoms with Gasteiger partial charge in [-0.3, -0.25) is 0 Å². The van der Waals surface area contributed by atoms with E-state index in [2.05, 4.69) is 67.2 Å². The molecule has 2 aromatic heterocycles. The molecule has 0 N–H and O–H groups in total. The first-order valence-corrected chi connectivity index (χ1v) is 15.3. The average Bonchev–Trinajstić information content (AvgIpc) is 3.37. The van der Waals surface area contributed by atoms with Crippen LogP contribution in [0, 0.1) is 24.6 Å². The normalized spacial score (nSPS) is 20.4. The molecule has 40 heavy (non-hydrogen) atoms. The molecule has 7 rings (SSSR count). The third-order valence-electron chi connectivity index (χ3n) is 10.0. The van der Waals surface area contributed by atoms with Gasteiger partial charge in [-0.25, -0.2) is 8.96 Å². The van der Waals surface area contributed by atoms with Crippen LogP contribution in [0.1, 0.15) is 74.8 Å². The predicted octanol–water partition coefficient (Wildman–Crippen LogP) is 10.0. The van der Waals surface area contributed by atoms with Crippen molar-refractivity contribution in [3.8, 4) is 22.4 Å². The van der Waals surface area contributed by atoms with Crippen LogP contribution in [0.2, 0.25) is 0 Å². The van der Waals surface area contributed by atoms with Gasteiger partial charge in [0.15, 0.2) is 6.20 Å². The van der Waals surface area contributed by atoms with Gasteiger partial charge >= 0.3 is 0 Å². The molecule has 2 saturated carbocycles. The van der Waals surface area contributed by atoms with Gasteiger partial charge in [0.2, 0.25) is 5.69 Å². The van der Waals surface area contributed by atoms with E-state index in [1.165, 1.54) is 63.4 Å². The third-order valence-corrected chi connectivity index (χ3v) is 10.0. The molecule has 0 unspecified atom stereocenters. The standard InChI is InChI=1S/C37H39FNO/c1-24-15-20-30-31-21-22-32(38)35(37(31)40-36(30)34(24)33-14-8-9-23-39(33)2)29-13-7-6-12-28(29)27-18-16-26(17-19-27)25-10-4-3-5-11-25/h6-9,12-15,20-23,25-27H,3-5,10-11,16-19H2,1-2H3/q+1. The Hall–Kier alpha value is -3.46. The molecule has 0 radical (unpaired) electrons. The lowest BCUT2D eigenvalue weighted by molar-refractivity contribution is -0.660. The van der Waals surface area contributed by atoms with Gasteiger partial charge in [0.1, 0.15) is 24.0 Å². The smallest absolute Gasteiger partial charge is 0.216 e. The molecule has 2 aliphatic carbocycles. The lowest BCUT2D eigenvalue weighted by Gasteiger charge is -2.36. The van der Waals surface area contributed by atoms with Crippen molar-refractivity contribution in [1.29, 1.82) is 0 Å². The Labute approximate surface area is 236 Å². The minimum absolute atomic E-state index is 0.210. The summed E-state index contributed by atoms with van der Waals surface area (Å²) in [5, 5.41) is 2.01. The van der Waals surface area contributed by atoms with Crippen LogP contribution in [-0.4, -0.2) is 0 Å². The second kappa shape index (κ2) is 10.5. The van der Waals surface area contributed by atoms with E-state index in [-0.39, 0.29) is 5.82 Å². The molecule has 2 fully saturated rings. The number of fused-ring (bicyclic) bond motifs is 3. The fraction of sp³-hybridized carbons (Fsp3) is 0.378. The van der Waals surface area contributed by atoms with Gasteiger partial charge in [0.05, 0.1) is 11.1 Å². The van der Waals surface area contributed by atoms with Crippen molar-refractivity contribution in [2.45, 2.75) is 70.6 Å². The van der Waals surface area contributed by atoms with Crippen LogP contribution in [-0.2, 0) is 7.05 Å². The Balaban J connectivity index is 1.33. The van der Waals surface area contributed by atoms with E-state index in [4.69, 9.17) is 4.42 Å². The Morgan fingerprint density at radius 1 is 0.700 bits per heavy atom. The van der Waals surface area contributed by atoms with Crippen LogP contribution in [0.3, 0.4) is 0 Å². The first-order valence-electron chi connectivity index (χ1n) is 15.3. The highest BCUT2D eigenvalue weighted by molar-refractivity contribution is 6.13. The molecule has 3 aromatic carbocycles. The SMILES string of the molecule is Cc1ccc2c(oc3c(-c4ccccc4C4CCC(C5CCCCC5)CC4)c(F)ccc32)c1-c1cccc[n+]1C. The van der Waals surface area contributed by atoms with E-state index in [0.29, 0.717) is 17.1 Å². The molecular weight excluding hydrogens is 493 g/mol. The second-order valence-corrected chi connectivity index (χ2v) is 12.3. The van der Waals surface area contributed by atoms with Crippen molar-refractivity contribution in [3.05, 3.63) is 89.9 Å². The molecule has 2 aliphatic rings. The number of hydrogen-bond donors (Lipinski definition) is 0. The summed E-state index contributed by atoms with van der Waals surface area (Å²) in [4.78, 5) is 0. The van der Waals surface area contributed by atoms with Crippen molar-refractivity contribution >= 4 is 21.9 Å². The number of furan rings is 1. The van der Waals surface area contributed by atoms with E-state index in [1.54, 1.807) is 6.07 Å². The molecule has 2 heterocycles. The molecule has 0 atom stereocenters. The Kier molecular flexibility index (Phi) is 6.70. The molecule has 2 nitrogen and oxygen atoms in total. The van der Waals surface area contributed by atoms with Crippen LogP contribution >= 0.6 is 0 Å². The van der Waals surface area contributed by atoms with Crippen molar-refractivity contribution in [3.63, 3.8) is 0 Å². The van der Waals surface area contributed by atoms with Crippen molar-refractivity contribution in [2.24, 2.45) is 18.9 Å². The number of rotatable bonds is 4. The molecule has 3 heteroatoms. The third kappa shape index (κ3) is 4.35. The fourth-order valence-corrected chi connectivity index (χ4v) is 7.92. The zero-order valence-corrected chi connectivity index (χ0v) is 23.8. The summed E-state index contributed by atoms with van der Waals surface area (Å²) in [5.41, 5.74) is 7.67. The Morgan fingerprint density at radius 3 is 2.15 bits per heavy atom. The fourth-order valence-electron chi connectivity index (χ4n) is 7.92. The molecule has 0 amide bonds. The van der Waals surface area contributed by atoms with Gasteiger partial charge in [0, 0.05) is 22.9 Å². The lowest BCUT2D eigenvalue weighted by Crippen LogP contribution is -2.30. The second-order valence-electron chi connectivity index (χ2n) is 12.3. The number of aryl methyl sites for hydroxylation is 2. The average molecular weight is 533 g/mol. The van der Waals surface area contributed by atoms with Gasteiger partial charge in [-0.15, -0.1) is 0 Å². The topological polar surface area (TPSA) is 17.0 Å². The minimum Gasteiger partial charge on any atom is -0.454 e. The van der Waals surface area contributed by atoms with E-state index in [0.717, 1.165) is 50.6 Å². The van der Waals surface area contributed by atoms with Crippen LogP contribution in [0.4, 0.5) is 4.39 Å². The maximum absolute atomic E-state index is 15.9.